The van der Waals surface area contributed by atoms with Crippen LogP contribution in [0.2, 0.25) is 0 Å². The van der Waals surface area contributed by atoms with Crippen molar-refractivity contribution in [2.24, 2.45) is 0 Å². The van der Waals surface area contributed by atoms with Crippen LogP contribution < -0.4 is 4.74 Å². The molecule has 0 aliphatic carbocycles. The lowest BCUT2D eigenvalue weighted by Crippen LogP contribution is -2.00. The Kier molecular flexibility index (Phi) is 3.65. The van der Waals surface area contributed by atoms with Crippen molar-refractivity contribution in [3.05, 3.63) is 29.8 Å². The number of ether oxygens (including phenoxy) is 1. The van der Waals surface area contributed by atoms with Gasteiger partial charge in [-0.3, -0.25) is 0 Å². The molecular formula is C11H13OS2. The van der Waals surface area contributed by atoms with Crippen LogP contribution in [0.15, 0.2) is 18.2 Å². The summed E-state index contributed by atoms with van der Waals surface area (Å²) in [7, 11) is 1.69. The second-order valence-corrected chi connectivity index (χ2v) is 5.84. The molecule has 3 heteroatoms. The standard InChI is InChI=1S/C11H13OS2/c1-12-10-5-2-4-9(8-10)11-13-6-3-7-14-11/h2,4,8,11H,3,6-7H2,1H3. The van der Waals surface area contributed by atoms with Gasteiger partial charge in [0.25, 0.3) is 0 Å². The summed E-state index contributed by atoms with van der Waals surface area (Å²) >= 11 is 4.06. The lowest BCUT2D eigenvalue weighted by atomic mass is 10.2. The molecule has 75 valence electrons. The average Bonchev–Trinajstić information content (AvgIpc) is 2.30. The molecule has 0 aromatic heterocycles. The van der Waals surface area contributed by atoms with Crippen LogP contribution >= 0.6 is 23.5 Å². The van der Waals surface area contributed by atoms with E-state index in [4.69, 9.17) is 4.74 Å². The van der Waals surface area contributed by atoms with Crippen LogP contribution in [0.5, 0.6) is 5.75 Å². The number of methoxy groups -OCH3 is 1. The second-order valence-electron chi connectivity index (χ2n) is 3.12. The molecule has 14 heavy (non-hydrogen) atoms. The maximum absolute atomic E-state index is 5.17. The minimum absolute atomic E-state index is 0.590. The third-order valence-electron chi connectivity index (χ3n) is 2.12. The Hall–Kier alpha value is -0.280. The van der Waals surface area contributed by atoms with Gasteiger partial charge in [-0.25, -0.2) is 0 Å². The van der Waals surface area contributed by atoms with Crippen LogP contribution in [0.4, 0.5) is 0 Å². The number of benzene rings is 1. The Morgan fingerprint density at radius 1 is 1.43 bits per heavy atom. The van der Waals surface area contributed by atoms with Gasteiger partial charge in [0.2, 0.25) is 0 Å². The predicted octanol–water partition coefficient (Wildman–Crippen LogP) is 3.36. The summed E-state index contributed by atoms with van der Waals surface area (Å²) in [5.74, 6) is 3.39. The van der Waals surface area contributed by atoms with Crippen LogP contribution in [0.3, 0.4) is 0 Å². The Balaban J connectivity index is 2.13. The van der Waals surface area contributed by atoms with Crippen LogP contribution in [-0.2, 0) is 0 Å². The average molecular weight is 225 g/mol. The normalized spacial score (nSPS) is 18.1. The maximum Gasteiger partial charge on any atom is 0.127 e. The molecule has 1 aromatic carbocycles. The van der Waals surface area contributed by atoms with E-state index >= 15 is 0 Å². The van der Waals surface area contributed by atoms with E-state index in [2.05, 4.69) is 18.2 Å². The van der Waals surface area contributed by atoms with E-state index in [0.717, 1.165) is 5.75 Å². The van der Waals surface area contributed by atoms with Gasteiger partial charge in [0, 0.05) is 6.07 Å². The first-order valence-electron chi connectivity index (χ1n) is 4.69. The quantitative estimate of drug-likeness (QED) is 0.764. The zero-order valence-electron chi connectivity index (χ0n) is 8.16. The van der Waals surface area contributed by atoms with Gasteiger partial charge in [0.15, 0.2) is 0 Å². The van der Waals surface area contributed by atoms with E-state index in [1.807, 2.05) is 29.6 Å². The minimum atomic E-state index is 0.590. The van der Waals surface area contributed by atoms with Crippen molar-refractivity contribution in [3.63, 3.8) is 0 Å². The third-order valence-corrected chi connectivity index (χ3v) is 5.13. The Morgan fingerprint density at radius 2 is 2.21 bits per heavy atom. The van der Waals surface area contributed by atoms with Crippen LogP contribution in [0.25, 0.3) is 0 Å². The van der Waals surface area contributed by atoms with E-state index in [1.54, 1.807) is 7.11 Å². The summed E-state index contributed by atoms with van der Waals surface area (Å²) in [5, 5.41) is 0. The molecule has 0 bridgehead atoms. The van der Waals surface area contributed by atoms with Gasteiger partial charge >= 0.3 is 0 Å². The molecule has 0 unspecified atom stereocenters. The monoisotopic (exact) mass is 225 g/mol. The van der Waals surface area contributed by atoms with Crippen molar-refractivity contribution in [2.45, 2.75) is 11.0 Å². The first-order chi connectivity index (χ1) is 6.90. The lowest BCUT2D eigenvalue weighted by molar-refractivity contribution is 0.413. The van der Waals surface area contributed by atoms with Crippen molar-refractivity contribution >= 4 is 23.5 Å². The van der Waals surface area contributed by atoms with E-state index in [-0.39, 0.29) is 0 Å². The van der Waals surface area contributed by atoms with Gasteiger partial charge in [-0.1, -0.05) is 12.1 Å². The second kappa shape index (κ2) is 4.99. The molecule has 0 spiro atoms. The SMILES string of the molecule is COc1[c]ccc(C2SCCCS2)c1. The van der Waals surface area contributed by atoms with Crippen molar-refractivity contribution in [1.82, 2.24) is 0 Å². The molecule has 1 aliphatic rings. The molecule has 0 atom stereocenters. The molecule has 0 N–H and O–H groups in total. The molecule has 1 fully saturated rings. The number of rotatable bonds is 2. The van der Waals surface area contributed by atoms with Gasteiger partial charge < -0.3 is 4.74 Å². The summed E-state index contributed by atoms with van der Waals surface area (Å²) in [6.45, 7) is 0. The zero-order valence-corrected chi connectivity index (χ0v) is 9.79. The first kappa shape index (κ1) is 10.2. The number of hydrogen-bond acceptors (Lipinski definition) is 3. The maximum atomic E-state index is 5.17. The Labute approximate surface area is 93.6 Å². The van der Waals surface area contributed by atoms with Gasteiger partial charge in [-0.2, -0.15) is 0 Å². The molecule has 1 nitrogen and oxygen atoms in total. The van der Waals surface area contributed by atoms with Crippen LogP contribution in [-0.4, -0.2) is 18.6 Å². The summed E-state index contributed by atoms with van der Waals surface area (Å²) in [6.07, 6.45) is 1.34. The topological polar surface area (TPSA) is 9.23 Å². The fraction of sp³-hybridized carbons (Fsp3) is 0.455. The smallest absolute Gasteiger partial charge is 0.127 e. The van der Waals surface area contributed by atoms with E-state index in [1.165, 1.54) is 23.5 Å². The molecule has 1 aliphatic heterocycles. The van der Waals surface area contributed by atoms with Crippen LogP contribution in [0.1, 0.15) is 16.6 Å². The molecule has 1 radical (unpaired) electrons. The minimum Gasteiger partial charge on any atom is -0.496 e. The van der Waals surface area contributed by atoms with Crippen molar-refractivity contribution < 1.29 is 4.74 Å². The van der Waals surface area contributed by atoms with E-state index < -0.39 is 0 Å². The predicted molar refractivity (Wildman–Crippen MR) is 64.1 cm³/mol. The van der Waals surface area contributed by atoms with Crippen molar-refractivity contribution in [1.29, 1.82) is 0 Å². The molecule has 2 rings (SSSR count). The molecular weight excluding hydrogens is 212 g/mol. The number of hydrogen-bond donors (Lipinski definition) is 0. The Morgan fingerprint density at radius 3 is 2.93 bits per heavy atom. The fourth-order valence-corrected chi connectivity index (χ4v) is 4.28. The van der Waals surface area contributed by atoms with E-state index in [0.29, 0.717) is 4.58 Å². The summed E-state index contributed by atoms with van der Waals surface area (Å²) in [5.41, 5.74) is 1.36. The Bertz CT molecular complexity index is 295. The highest BCUT2D eigenvalue weighted by atomic mass is 32.2. The number of thioether (sulfide) groups is 2. The lowest BCUT2D eigenvalue weighted by Gasteiger charge is -2.21. The highest BCUT2D eigenvalue weighted by molar-refractivity contribution is 8.16. The molecule has 1 saturated heterocycles. The summed E-state index contributed by atoms with van der Waals surface area (Å²) in [6, 6.07) is 9.24. The van der Waals surface area contributed by atoms with Crippen molar-refractivity contribution in [3.8, 4) is 5.75 Å². The fourth-order valence-electron chi connectivity index (χ4n) is 1.41. The molecule has 1 heterocycles. The molecule has 0 amide bonds. The van der Waals surface area contributed by atoms with E-state index in [9.17, 15) is 0 Å². The van der Waals surface area contributed by atoms with Gasteiger partial charge in [-0.05, 0) is 29.6 Å². The van der Waals surface area contributed by atoms with Gasteiger partial charge in [0.1, 0.15) is 5.75 Å². The van der Waals surface area contributed by atoms with Crippen molar-refractivity contribution in [2.75, 3.05) is 18.6 Å². The third kappa shape index (κ3) is 2.39. The van der Waals surface area contributed by atoms with Gasteiger partial charge in [0.05, 0.1) is 11.7 Å². The summed E-state index contributed by atoms with van der Waals surface area (Å²) in [4.78, 5) is 0. The highest BCUT2D eigenvalue weighted by Crippen LogP contribution is 2.44. The van der Waals surface area contributed by atoms with Crippen LogP contribution in [0, 0.1) is 6.07 Å². The summed E-state index contributed by atoms with van der Waals surface area (Å²) < 4.78 is 5.76. The van der Waals surface area contributed by atoms with Gasteiger partial charge in [-0.15, -0.1) is 23.5 Å². The molecule has 1 aromatic rings. The highest BCUT2D eigenvalue weighted by Gasteiger charge is 2.16. The largest absolute Gasteiger partial charge is 0.496 e. The first-order valence-corrected chi connectivity index (χ1v) is 6.79. The molecule has 0 saturated carbocycles. The zero-order chi connectivity index (χ0) is 9.80.